The zero-order chi connectivity index (χ0) is 20.6. The van der Waals surface area contributed by atoms with E-state index in [1.54, 1.807) is 6.07 Å². The second-order valence-electron chi connectivity index (χ2n) is 8.42. The molecule has 5 heteroatoms. The first kappa shape index (κ1) is 19.2. The van der Waals surface area contributed by atoms with Gasteiger partial charge in [0.25, 0.3) is 0 Å². The number of aromatic amines is 1. The third-order valence-corrected chi connectivity index (χ3v) is 4.95. The minimum absolute atomic E-state index is 0.285. The lowest BCUT2D eigenvalue weighted by Gasteiger charge is -2.22. The van der Waals surface area contributed by atoms with E-state index in [4.69, 9.17) is 4.74 Å². The Balaban J connectivity index is 1.78. The molecule has 0 amide bonds. The summed E-state index contributed by atoms with van der Waals surface area (Å²) in [6.45, 7) is 6.96. The van der Waals surface area contributed by atoms with Crippen molar-refractivity contribution in [2.24, 2.45) is 0 Å². The molecule has 0 radical (unpaired) electrons. The summed E-state index contributed by atoms with van der Waals surface area (Å²) >= 11 is 0. The van der Waals surface area contributed by atoms with E-state index in [1.165, 1.54) is 12.1 Å². The summed E-state index contributed by atoms with van der Waals surface area (Å²) in [5.41, 5.74) is 3.52. The Hall–Kier alpha value is -3.08. The van der Waals surface area contributed by atoms with Crippen LogP contribution in [0.1, 0.15) is 37.6 Å². The van der Waals surface area contributed by atoms with Crippen molar-refractivity contribution in [3.05, 3.63) is 77.4 Å². The first-order valence-electron chi connectivity index (χ1n) is 9.84. The van der Waals surface area contributed by atoms with Crippen molar-refractivity contribution in [2.75, 3.05) is 6.54 Å². The Bertz CT molecular complexity index is 1080. The summed E-state index contributed by atoms with van der Waals surface area (Å²) < 4.78 is 19.6. The number of benzene rings is 2. The quantitative estimate of drug-likeness (QED) is 0.635. The van der Waals surface area contributed by atoms with Gasteiger partial charge in [-0.25, -0.2) is 9.18 Å². The van der Waals surface area contributed by atoms with Crippen molar-refractivity contribution in [3.8, 4) is 0 Å². The maximum Gasteiger partial charge on any atom is 0.342 e. The van der Waals surface area contributed by atoms with Crippen LogP contribution in [0.15, 0.2) is 54.7 Å². The lowest BCUT2D eigenvalue weighted by atomic mass is 10.0. The van der Waals surface area contributed by atoms with Gasteiger partial charge in [0, 0.05) is 30.2 Å². The van der Waals surface area contributed by atoms with Gasteiger partial charge in [-0.05, 0) is 56.5 Å². The summed E-state index contributed by atoms with van der Waals surface area (Å²) in [7, 11) is 0. The fourth-order valence-electron chi connectivity index (χ4n) is 3.71. The van der Waals surface area contributed by atoms with Crippen molar-refractivity contribution in [3.63, 3.8) is 0 Å². The van der Waals surface area contributed by atoms with Crippen molar-refractivity contribution in [2.45, 2.75) is 39.3 Å². The number of hydrogen-bond acceptors (Lipinski definition) is 3. The monoisotopic (exact) mass is 392 g/mol. The van der Waals surface area contributed by atoms with Gasteiger partial charge in [0.2, 0.25) is 0 Å². The average molecular weight is 392 g/mol. The number of H-pyrrole nitrogens is 1. The molecule has 29 heavy (non-hydrogen) atoms. The molecule has 1 aliphatic rings. The molecule has 0 fully saturated rings. The van der Waals surface area contributed by atoms with E-state index in [9.17, 15) is 9.18 Å². The Morgan fingerprint density at radius 2 is 1.93 bits per heavy atom. The number of esters is 1. The smallest absolute Gasteiger partial charge is 0.342 e. The first-order chi connectivity index (χ1) is 13.8. The summed E-state index contributed by atoms with van der Waals surface area (Å²) in [5.74, 6) is -0.668. The number of halogens is 1. The summed E-state index contributed by atoms with van der Waals surface area (Å²) in [6, 6.07) is 14.8. The second kappa shape index (κ2) is 7.39. The summed E-state index contributed by atoms with van der Waals surface area (Å²) in [4.78, 5) is 18.5. The number of hydrogen-bond donors (Lipinski definition) is 1. The Kier molecular flexibility index (Phi) is 4.91. The zero-order valence-corrected chi connectivity index (χ0v) is 17.0. The van der Waals surface area contributed by atoms with Crippen molar-refractivity contribution in [1.29, 1.82) is 0 Å². The molecule has 150 valence electrons. The molecule has 0 saturated heterocycles. The molecular weight excluding hydrogens is 367 g/mol. The number of nitrogens with zero attached hydrogens (tertiary/aromatic N) is 1. The molecule has 3 aromatic rings. The minimum Gasteiger partial charge on any atom is -0.456 e. The SMILES string of the molecule is CC(C)(C)OC(=O)C1=CN(Cc2ccccc2)CCc2c1[nH]c1ccc(F)cc21. The molecule has 0 unspecified atom stereocenters. The Labute approximate surface area is 170 Å². The van der Waals surface area contributed by atoms with Gasteiger partial charge in [0.15, 0.2) is 0 Å². The number of nitrogens with one attached hydrogen (secondary N) is 1. The molecule has 2 heterocycles. The highest BCUT2D eigenvalue weighted by Crippen LogP contribution is 2.33. The molecule has 2 aromatic carbocycles. The zero-order valence-electron chi connectivity index (χ0n) is 17.0. The number of carbonyl (C=O) groups is 1. The van der Waals surface area contributed by atoms with Crippen LogP contribution in [0.3, 0.4) is 0 Å². The van der Waals surface area contributed by atoms with Crippen LogP contribution >= 0.6 is 0 Å². The highest BCUT2D eigenvalue weighted by molar-refractivity contribution is 6.17. The van der Waals surface area contributed by atoms with Gasteiger partial charge >= 0.3 is 5.97 Å². The van der Waals surface area contributed by atoms with Gasteiger partial charge in [-0.2, -0.15) is 0 Å². The molecule has 1 aliphatic heterocycles. The Morgan fingerprint density at radius 3 is 2.66 bits per heavy atom. The van der Waals surface area contributed by atoms with Gasteiger partial charge in [-0.15, -0.1) is 0 Å². The van der Waals surface area contributed by atoms with Gasteiger partial charge < -0.3 is 14.6 Å². The minimum atomic E-state index is -0.604. The summed E-state index contributed by atoms with van der Waals surface area (Å²) in [6.07, 6.45) is 2.58. The van der Waals surface area contributed by atoms with E-state index < -0.39 is 5.60 Å². The molecule has 0 aliphatic carbocycles. The number of rotatable bonds is 3. The third kappa shape index (κ3) is 4.19. The third-order valence-electron chi connectivity index (χ3n) is 4.95. The molecule has 0 atom stereocenters. The maximum absolute atomic E-state index is 13.9. The molecule has 0 saturated carbocycles. The van der Waals surface area contributed by atoms with E-state index in [1.807, 2.05) is 45.2 Å². The van der Waals surface area contributed by atoms with E-state index >= 15 is 0 Å². The normalized spacial score (nSPS) is 14.3. The van der Waals surface area contributed by atoms with Crippen LogP contribution in [0, 0.1) is 5.82 Å². The first-order valence-corrected chi connectivity index (χ1v) is 9.84. The molecule has 4 rings (SSSR count). The van der Waals surface area contributed by atoms with Crippen molar-refractivity contribution < 1.29 is 13.9 Å². The standard InChI is InChI=1S/C24H25FN2O2/c1-24(2,3)29-23(28)20-15-27(14-16-7-5-4-6-8-16)12-11-18-19-13-17(25)9-10-21(19)26-22(18)20/h4-10,13,15,26H,11-12,14H2,1-3H3. The van der Waals surface area contributed by atoms with E-state index in [0.717, 1.165) is 34.3 Å². The molecule has 0 spiro atoms. The van der Waals surface area contributed by atoms with Crippen molar-refractivity contribution in [1.82, 2.24) is 9.88 Å². The van der Waals surface area contributed by atoms with E-state index in [2.05, 4.69) is 22.0 Å². The molecule has 1 aromatic heterocycles. The number of aromatic nitrogens is 1. The lowest BCUT2D eigenvalue weighted by molar-refractivity contribution is -0.147. The van der Waals surface area contributed by atoms with Gasteiger partial charge in [0.1, 0.15) is 11.4 Å². The molecule has 1 N–H and O–H groups in total. The number of ether oxygens (including phenoxy) is 1. The lowest BCUT2D eigenvalue weighted by Crippen LogP contribution is -2.25. The van der Waals surface area contributed by atoms with Gasteiger partial charge in [0.05, 0.1) is 11.3 Å². The number of carbonyl (C=O) groups excluding carboxylic acids is 1. The summed E-state index contributed by atoms with van der Waals surface area (Å²) in [5, 5.41) is 0.816. The molecule has 0 bridgehead atoms. The van der Waals surface area contributed by atoms with Crippen LogP contribution < -0.4 is 0 Å². The largest absolute Gasteiger partial charge is 0.456 e. The van der Waals surface area contributed by atoms with Crippen LogP contribution in [0.5, 0.6) is 0 Å². The highest BCUT2D eigenvalue weighted by Gasteiger charge is 2.28. The van der Waals surface area contributed by atoms with E-state index in [-0.39, 0.29) is 11.8 Å². The maximum atomic E-state index is 13.9. The fraction of sp³-hybridized carbons (Fsp3) is 0.292. The second-order valence-corrected chi connectivity index (χ2v) is 8.42. The molecule has 4 nitrogen and oxygen atoms in total. The van der Waals surface area contributed by atoms with Crippen LogP contribution in [-0.2, 0) is 22.5 Å². The topological polar surface area (TPSA) is 45.3 Å². The van der Waals surface area contributed by atoms with Crippen LogP contribution in [0.4, 0.5) is 4.39 Å². The van der Waals surface area contributed by atoms with E-state index in [0.29, 0.717) is 18.5 Å². The number of fused-ring (bicyclic) bond motifs is 3. The van der Waals surface area contributed by atoms with Crippen molar-refractivity contribution >= 4 is 22.4 Å². The van der Waals surface area contributed by atoms with Crippen LogP contribution in [0.25, 0.3) is 16.5 Å². The highest BCUT2D eigenvalue weighted by atomic mass is 19.1. The predicted molar refractivity (Wildman–Crippen MR) is 113 cm³/mol. The predicted octanol–water partition coefficient (Wildman–Crippen LogP) is 5.05. The fourth-order valence-corrected chi connectivity index (χ4v) is 3.71. The molecular formula is C24H25FN2O2. The van der Waals surface area contributed by atoms with Gasteiger partial charge in [-0.1, -0.05) is 30.3 Å². The Morgan fingerprint density at radius 1 is 1.17 bits per heavy atom. The van der Waals surface area contributed by atoms with Gasteiger partial charge in [-0.3, -0.25) is 0 Å². The van der Waals surface area contributed by atoms with Crippen LogP contribution in [0.2, 0.25) is 0 Å². The van der Waals surface area contributed by atoms with Crippen LogP contribution in [-0.4, -0.2) is 28.0 Å². The average Bonchev–Trinajstić information content (AvgIpc) is 2.90.